The molecule has 0 unspecified atom stereocenters. The lowest BCUT2D eigenvalue weighted by Crippen LogP contribution is -2.17. The number of aromatic carboxylic acids is 1. The third-order valence-corrected chi connectivity index (χ3v) is 4.53. The number of rotatable bonds is 5. The van der Waals surface area contributed by atoms with E-state index in [1.165, 1.54) is 29.5 Å². The minimum atomic E-state index is -1.11. The highest BCUT2D eigenvalue weighted by molar-refractivity contribution is 9.10. The molecule has 1 N–H and O–H groups in total. The first-order valence-corrected chi connectivity index (χ1v) is 7.51. The molecule has 0 saturated heterocycles. The molecule has 1 heterocycles. The Kier molecular flexibility index (Phi) is 4.59. The van der Waals surface area contributed by atoms with Gasteiger partial charge in [-0.05, 0) is 34.1 Å². The van der Waals surface area contributed by atoms with Crippen molar-refractivity contribution in [3.05, 3.63) is 54.7 Å². The lowest BCUT2D eigenvalue weighted by atomic mass is 10.1. The van der Waals surface area contributed by atoms with Crippen LogP contribution >= 0.6 is 27.3 Å². The smallest absolute Gasteiger partial charge is 0.335 e. The summed E-state index contributed by atoms with van der Waals surface area (Å²) >= 11 is 4.88. The Morgan fingerprint density at radius 3 is 2.71 bits per heavy atom. The van der Waals surface area contributed by atoms with Crippen LogP contribution in [0, 0.1) is 10.1 Å². The Bertz CT molecular complexity index is 701. The summed E-state index contributed by atoms with van der Waals surface area (Å²) in [6, 6.07) is 5.70. The molecule has 1 aromatic carbocycles. The molecule has 21 heavy (non-hydrogen) atoms. The highest BCUT2D eigenvalue weighted by Crippen LogP contribution is 2.31. The fourth-order valence-electron chi connectivity index (χ4n) is 1.87. The van der Waals surface area contributed by atoms with Crippen molar-refractivity contribution in [2.24, 2.45) is 0 Å². The van der Waals surface area contributed by atoms with Gasteiger partial charge in [0.2, 0.25) is 0 Å². The molecule has 0 radical (unpaired) electrons. The number of halogens is 1. The summed E-state index contributed by atoms with van der Waals surface area (Å²) in [4.78, 5) is 24.3. The number of benzene rings is 1. The van der Waals surface area contributed by atoms with Gasteiger partial charge in [0.1, 0.15) is 5.69 Å². The van der Waals surface area contributed by atoms with Crippen molar-refractivity contribution in [2.75, 3.05) is 11.9 Å². The van der Waals surface area contributed by atoms with Crippen molar-refractivity contribution >= 4 is 44.6 Å². The van der Waals surface area contributed by atoms with Crippen molar-refractivity contribution in [1.29, 1.82) is 0 Å². The van der Waals surface area contributed by atoms with Crippen molar-refractivity contribution in [3.63, 3.8) is 0 Å². The maximum absolute atomic E-state index is 11.1. The van der Waals surface area contributed by atoms with Gasteiger partial charge in [0, 0.05) is 27.8 Å². The van der Waals surface area contributed by atoms with Gasteiger partial charge in [0.25, 0.3) is 5.69 Å². The largest absolute Gasteiger partial charge is 0.478 e. The number of nitro benzene ring substituents is 1. The maximum atomic E-state index is 11.1. The lowest BCUT2D eigenvalue weighted by Gasteiger charge is -2.18. The number of nitro groups is 1. The average Bonchev–Trinajstić information content (AvgIpc) is 2.83. The predicted molar refractivity (Wildman–Crippen MR) is 84.2 cm³/mol. The molecular weight excluding hydrogens is 360 g/mol. The van der Waals surface area contributed by atoms with Crippen LogP contribution in [0.3, 0.4) is 0 Å². The number of carbonyl (C=O) groups is 1. The van der Waals surface area contributed by atoms with Crippen molar-refractivity contribution in [1.82, 2.24) is 0 Å². The van der Waals surface area contributed by atoms with Crippen molar-refractivity contribution in [2.45, 2.75) is 6.54 Å². The highest BCUT2D eigenvalue weighted by atomic mass is 79.9. The van der Waals surface area contributed by atoms with E-state index in [9.17, 15) is 14.9 Å². The van der Waals surface area contributed by atoms with Gasteiger partial charge in [-0.1, -0.05) is 0 Å². The monoisotopic (exact) mass is 370 g/mol. The van der Waals surface area contributed by atoms with Crippen molar-refractivity contribution < 1.29 is 14.8 Å². The van der Waals surface area contributed by atoms with Crippen LogP contribution in [0.1, 0.15) is 15.2 Å². The molecule has 6 nitrogen and oxygen atoms in total. The van der Waals surface area contributed by atoms with E-state index < -0.39 is 10.9 Å². The van der Waals surface area contributed by atoms with Crippen LogP contribution in [0.25, 0.3) is 0 Å². The fraction of sp³-hybridized carbons (Fsp3) is 0.154. The van der Waals surface area contributed by atoms with E-state index in [0.717, 1.165) is 9.35 Å². The second-order valence-electron chi connectivity index (χ2n) is 4.35. The van der Waals surface area contributed by atoms with Crippen LogP contribution in [0.2, 0.25) is 0 Å². The summed E-state index contributed by atoms with van der Waals surface area (Å²) in [5.74, 6) is -1.11. The molecule has 0 bridgehead atoms. The fourth-order valence-corrected chi connectivity index (χ4v) is 3.38. The van der Waals surface area contributed by atoms with E-state index in [0.29, 0.717) is 6.54 Å². The van der Waals surface area contributed by atoms with E-state index >= 15 is 0 Å². The first-order chi connectivity index (χ1) is 9.88. The maximum Gasteiger partial charge on any atom is 0.335 e. The number of carboxylic acid groups (broad SMARTS) is 1. The Morgan fingerprint density at radius 1 is 1.48 bits per heavy atom. The number of nitrogens with zero attached hydrogens (tertiary/aromatic N) is 2. The summed E-state index contributed by atoms with van der Waals surface area (Å²) in [5, 5.41) is 22.0. The second kappa shape index (κ2) is 6.23. The Labute approximate surface area is 132 Å². The minimum absolute atomic E-state index is 0.0230. The third kappa shape index (κ3) is 3.59. The molecule has 0 aliphatic heterocycles. The van der Waals surface area contributed by atoms with Gasteiger partial charge in [0.05, 0.1) is 17.0 Å². The molecule has 0 amide bonds. The minimum Gasteiger partial charge on any atom is -0.478 e. The molecule has 0 spiro atoms. The third-order valence-electron chi connectivity index (χ3n) is 2.85. The molecule has 2 aromatic rings. The highest BCUT2D eigenvalue weighted by Gasteiger charge is 2.20. The van der Waals surface area contributed by atoms with Crippen LogP contribution in [0.4, 0.5) is 11.4 Å². The Hall–Kier alpha value is -1.93. The van der Waals surface area contributed by atoms with Gasteiger partial charge in [-0.15, -0.1) is 11.3 Å². The lowest BCUT2D eigenvalue weighted by molar-refractivity contribution is -0.384. The molecule has 1 aromatic heterocycles. The van der Waals surface area contributed by atoms with Crippen LogP contribution in [-0.2, 0) is 6.54 Å². The van der Waals surface area contributed by atoms with Crippen molar-refractivity contribution in [3.8, 4) is 0 Å². The summed E-state index contributed by atoms with van der Waals surface area (Å²) < 4.78 is 0.949. The quantitative estimate of drug-likeness (QED) is 0.639. The van der Waals surface area contributed by atoms with Gasteiger partial charge in [0.15, 0.2) is 0 Å². The summed E-state index contributed by atoms with van der Waals surface area (Å²) in [6.45, 7) is 0.459. The first kappa shape index (κ1) is 15.5. The zero-order valence-electron chi connectivity index (χ0n) is 10.9. The molecule has 2 rings (SSSR count). The van der Waals surface area contributed by atoms with E-state index in [1.54, 1.807) is 11.9 Å². The first-order valence-electron chi connectivity index (χ1n) is 5.84. The van der Waals surface area contributed by atoms with E-state index in [1.807, 2.05) is 11.4 Å². The van der Waals surface area contributed by atoms with Crippen LogP contribution in [-0.4, -0.2) is 23.0 Å². The normalized spacial score (nSPS) is 10.4. The Morgan fingerprint density at radius 2 is 2.19 bits per heavy atom. The van der Waals surface area contributed by atoms with Crippen LogP contribution in [0.15, 0.2) is 34.1 Å². The molecule has 0 fully saturated rings. The van der Waals surface area contributed by atoms with Gasteiger partial charge in [-0.3, -0.25) is 10.1 Å². The number of carboxylic acids is 1. The van der Waals surface area contributed by atoms with Gasteiger partial charge < -0.3 is 10.0 Å². The molecule has 0 saturated carbocycles. The number of thiophene rings is 1. The zero-order chi connectivity index (χ0) is 15.6. The standard InChI is InChI=1S/C13H11BrN2O4S/c1-15(6-10-5-9(14)7-21-10)12-4-8(13(17)18)2-3-11(12)16(19)20/h2-5,7H,6H2,1H3,(H,17,18). The van der Waals surface area contributed by atoms with Crippen LogP contribution < -0.4 is 4.90 Å². The zero-order valence-corrected chi connectivity index (χ0v) is 13.3. The number of hydrogen-bond acceptors (Lipinski definition) is 5. The van der Waals surface area contributed by atoms with Crippen LogP contribution in [0.5, 0.6) is 0 Å². The second-order valence-corrected chi connectivity index (χ2v) is 6.26. The number of hydrogen-bond donors (Lipinski definition) is 1. The predicted octanol–water partition coefficient (Wildman–Crippen LogP) is 3.75. The van der Waals surface area contributed by atoms with E-state index in [4.69, 9.17) is 5.11 Å². The Balaban J connectivity index is 2.37. The average molecular weight is 371 g/mol. The van der Waals surface area contributed by atoms with E-state index in [-0.39, 0.29) is 16.9 Å². The SMILES string of the molecule is CN(Cc1cc(Br)cs1)c1cc(C(=O)O)ccc1[N+](=O)[O-]. The van der Waals surface area contributed by atoms with Gasteiger partial charge in [-0.2, -0.15) is 0 Å². The topological polar surface area (TPSA) is 83.7 Å². The molecule has 8 heteroatoms. The molecular formula is C13H11BrN2O4S. The number of anilines is 1. The van der Waals surface area contributed by atoms with Gasteiger partial charge in [-0.25, -0.2) is 4.79 Å². The summed E-state index contributed by atoms with van der Waals surface area (Å²) in [5.41, 5.74) is 0.192. The summed E-state index contributed by atoms with van der Waals surface area (Å²) in [6.07, 6.45) is 0. The molecule has 110 valence electrons. The summed E-state index contributed by atoms with van der Waals surface area (Å²) in [7, 11) is 1.70. The molecule has 0 aliphatic rings. The molecule has 0 atom stereocenters. The molecule has 0 aliphatic carbocycles. The van der Waals surface area contributed by atoms with E-state index in [2.05, 4.69) is 15.9 Å². The van der Waals surface area contributed by atoms with Gasteiger partial charge >= 0.3 is 5.97 Å².